The Kier molecular flexibility index (Phi) is 4.42. The quantitative estimate of drug-likeness (QED) is 0.719. The van der Waals surface area contributed by atoms with Crippen LogP contribution in [0, 0.1) is 5.82 Å². The lowest BCUT2D eigenvalue weighted by molar-refractivity contribution is -0.137. The molecule has 0 heterocycles. The molecule has 1 nitrogen and oxygen atoms in total. The van der Waals surface area contributed by atoms with Gasteiger partial charge in [-0.3, -0.25) is 0 Å². The van der Waals surface area contributed by atoms with Crippen LogP contribution >= 0.6 is 11.6 Å². The van der Waals surface area contributed by atoms with Gasteiger partial charge in [-0.15, -0.1) is 0 Å². The first kappa shape index (κ1) is 15.6. The summed E-state index contributed by atoms with van der Waals surface area (Å²) in [6, 6.07) is 8.48. The first-order valence-corrected chi connectivity index (χ1v) is 6.54. The largest absolute Gasteiger partial charge is 0.418 e. The van der Waals surface area contributed by atoms with Crippen molar-refractivity contribution < 1.29 is 17.6 Å². The van der Waals surface area contributed by atoms with Gasteiger partial charge < -0.3 is 5.32 Å². The van der Waals surface area contributed by atoms with Gasteiger partial charge in [0.2, 0.25) is 0 Å². The van der Waals surface area contributed by atoms with Gasteiger partial charge in [-0.05, 0) is 36.8 Å². The van der Waals surface area contributed by atoms with E-state index < -0.39 is 23.6 Å². The Morgan fingerprint density at radius 2 is 1.76 bits per heavy atom. The molecule has 0 aliphatic carbocycles. The lowest BCUT2D eigenvalue weighted by Gasteiger charge is -2.20. The summed E-state index contributed by atoms with van der Waals surface area (Å²) in [6.45, 7) is 1.66. The van der Waals surface area contributed by atoms with Gasteiger partial charge in [-0.25, -0.2) is 4.39 Å². The highest BCUT2D eigenvalue weighted by Crippen LogP contribution is 2.36. The average molecular weight is 318 g/mol. The van der Waals surface area contributed by atoms with E-state index in [2.05, 4.69) is 5.32 Å². The van der Waals surface area contributed by atoms with E-state index in [0.29, 0.717) is 5.56 Å². The molecule has 2 aromatic carbocycles. The Bertz CT molecular complexity index is 640. The van der Waals surface area contributed by atoms with Crippen molar-refractivity contribution in [2.24, 2.45) is 0 Å². The maximum Gasteiger partial charge on any atom is 0.418 e. The van der Waals surface area contributed by atoms with Crippen LogP contribution in [-0.4, -0.2) is 0 Å². The number of anilines is 1. The van der Waals surface area contributed by atoms with Gasteiger partial charge in [0.05, 0.1) is 11.6 Å². The van der Waals surface area contributed by atoms with Crippen LogP contribution in [-0.2, 0) is 6.18 Å². The second kappa shape index (κ2) is 5.93. The minimum Gasteiger partial charge on any atom is -0.378 e. The fraction of sp³-hybridized carbons (Fsp3) is 0.200. The zero-order chi connectivity index (χ0) is 15.6. The monoisotopic (exact) mass is 317 g/mol. The molecule has 0 spiro atoms. The van der Waals surface area contributed by atoms with Gasteiger partial charge in [0, 0.05) is 10.7 Å². The summed E-state index contributed by atoms with van der Waals surface area (Å²) in [5.74, 6) is -0.494. The third-order valence-electron chi connectivity index (χ3n) is 3.03. The summed E-state index contributed by atoms with van der Waals surface area (Å²) in [5.41, 5.74) is -0.275. The summed E-state index contributed by atoms with van der Waals surface area (Å²) in [7, 11) is 0. The molecule has 0 aliphatic heterocycles. The highest BCUT2D eigenvalue weighted by atomic mass is 35.5. The molecule has 1 atom stereocenters. The van der Waals surface area contributed by atoms with Gasteiger partial charge in [0.25, 0.3) is 0 Å². The Labute approximate surface area is 124 Å². The van der Waals surface area contributed by atoms with Crippen LogP contribution in [0.3, 0.4) is 0 Å². The third kappa shape index (κ3) is 3.67. The van der Waals surface area contributed by atoms with Crippen molar-refractivity contribution in [2.45, 2.75) is 19.1 Å². The third-order valence-corrected chi connectivity index (χ3v) is 3.36. The summed E-state index contributed by atoms with van der Waals surface area (Å²) in [5, 5.41) is 2.93. The Morgan fingerprint density at radius 1 is 1.10 bits per heavy atom. The Morgan fingerprint density at radius 3 is 2.38 bits per heavy atom. The molecule has 0 fully saturated rings. The van der Waals surface area contributed by atoms with Gasteiger partial charge >= 0.3 is 6.18 Å². The number of rotatable bonds is 3. The van der Waals surface area contributed by atoms with E-state index in [1.54, 1.807) is 6.92 Å². The molecule has 21 heavy (non-hydrogen) atoms. The van der Waals surface area contributed by atoms with Crippen molar-refractivity contribution in [1.82, 2.24) is 0 Å². The number of hydrogen-bond donors (Lipinski definition) is 1. The fourth-order valence-electron chi connectivity index (χ4n) is 2.02. The number of hydrogen-bond acceptors (Lipinski definition) is 1. The molecular weight excluding hydrogens is 306 g/mol. The van der Waals surface area contributed by atoms with Crippen molar-refractivity contribution in [3.63, 3.8) is 0 Å². The van der Waals surface area contributed by atoms with Crippen LogP contribution in [0.5, 0.6) is 0 Å². The average Bonchev–Trinajstić information content (AvgIpc) is 2.37. The zero-order valence-corrected chi connectivity index (χ0v) is 11.8. The van der Waals surface area contributed by atoms with Crippen LogP contribution in [0.25, 0.3) is 0 Å². The van der Waals surface area contributed by atoms with E-state index in [-0.39, 0.29) is 10.7 Å². The maximum atomic E-state index is 13.0. The molecule has 1 N–H and O–H groups in total. The Balaban J connectivity index is 2.30. The van der Waals surface area contributed by atoms with Crippen molar-refractivity contribution >= 4 is 17.3 Å². The van der Waals surface area contributed by atoms with Crippen LogP contribution < -0.4 is 5.32 Å². The molecule has 0 saturated carbocycles. The van der Waals surface area contributed by atoms with Gasteiger partial charge in [0.15, 0.2) is 0 Å². The van der Waals surface area contributed by atoms with Crippen LogP contribution in [0.15, 0.2) is 42.5 Å². The first-order valence-electron chi connectivity index (χ1n) is 6.16. The van der Waals surface area contributed by atoms with E-state index in [0.717, 1.165) is 12.1 Å². The van der Waals surface area contributed by atoms with E-state index >= 15 is 0 Å². The molecule has 0 bridgehead atoms. The predicted molar refractivity (Wildman–Crippen MR) is 74.9 cm³/mol. The smallest absolute Gasteiger partial charge is 0.378 e. The number of halogens is 5. The molecule has 0 saturated heterocycles. The molecule has 6 heteroatoms. The maximum absolute atomic E-state index is 13.0. The lowest BCUT2D eigenvalue weighted by Crippen LogP contribution is -2.13. The molecule has 2 aromatic rings. The molecular formula is C15H12ClF4N. The molecule has 0 amide bonds. The summed E-state index contributed by atoms with van der Waals surface area (Å²) in [4.78, 5) is 0. The summed E-state index contributed by atoms with van der Waals surface area (Å²) in [6.07, 6.45) is -4.45. The second-order valence-corrected chi connectivity index (χ2v) is 4.98. The fourth-order valence-corrected chi connectivity index (χ4v) is 2.35. The summed E-state index contributed by atoms with van der Waals surface area (Å²) < 4.78 is 51.8. The minimum atomic E-state index is -4.45. The number of alkyl halides is 3. The predicted octanol–water partition coefficient (Wildman–Crippen LogP) is 5.67. The van der Waals surface area contributed by atoms with E-state index in [4.69, 9.17) is 11.6 Å². The standard InChI is InChI=1S/C15H12ClF4N/c1-9(11-7-6-10(17)8-13(11)16)21-14-5-3-2-4-12(14)15(18,19)20/h2-9,21H,1H3. The number of nitrogens with one attached hydrogen (secondary N) is 1. The van der Waals surface area contributed by atoms with Crippen LogP contribution in [0.2, 0.25) is 5.02 Å². The van der Waals surface area contributed by atoms with E-state index in [1.165, 1.54) is 30.3 Å². The molecule has 1 unspecified atom stereocenters. The Hall–Kier alpha value is -1.75. The van der Waals surface area contributed by atoms with Crippen LogP contribution in [0.4, 0.5) is 23.2 Å². The van der Waals surface area contributed by atoms with Gasteiger partial charge in [-0.2, -0.15) is 13.2 Å². The van der Waals surface area contributed by atoms with E-state index in [9.17, 15) is 17.6 Å². The SMILES string of the molecule is CC(Nc1ccccc1C(F)(F)F)c1ccc(F)cc1Cl. The van der Waals surface area contributed by atoms with Gasteiger partial charge in [0.1, 0.15) is 5.82 Å². The molecule has 0 aliphatic rings. The van der Waals surface area contributed by atoms with Gasteiger partial charge in [-0.1, -0.05) is 29.8 Å². The normalized spacial score (nSPS) is 13.0. The zero-order valence-electron chi connectivity index (χ0n) is 11.0. The highest BCUT2D eigenvalue weighted by Gasteiger charge is 2.33. The molecule has 0 aromatic heterocycles. The van der Waals surface area contributed by atoms with Crippen molar-refractivity contribution in [3.05, 3.63) is 64.4 Å². The van der Waals surface area contributed by atoms with E-state index in [1.807, 2.05) is 0 Å². The summed E-state index contributed by atoms with van der Waals surface area (Å²) >= 11 is 5.92. The van der Waals surface area contributed by atoms with Crippen molar-refractivity contribution in [3.8, 4) is 0 Å². The molecule has 0 radical (unpaired) electrons. The first-order chi connectivity index (χ1) is 9.79. The van der Waals surface area contributed by atoms with Crippen molar-refractivity contribution in [2.75, 3.05) is 5.32 Å². The number of para-hydroxylation sites is 1. The highest BCUT2D eigenvalue weighted by molar-refractivity contribution is 6.31. The topological polar surface area (TPSA) is 12.0 Å². The van der Waals surface area contributed by atoms with Crippen molar-refractivity contribution in [1.29, 1.82) is 0 Å². The second-order valence-electron chi connectivity index (χ2n) is 4.58. The molecule has 2 rings (SSSR count). The molecule has 112 valence electrons. The van der Waals surface area contributed by atoms with Crippen LogP contribution in [0.1, 0.15) is 24.1 Å². The minimum absolute atomic E-state index is 0.0436. The number of benzene rings is 2. The lowest BCUT2D eigenvalue weighted by atomic mass is 10.1.